The van der Waals surface area contributed by atoms with Crippen molar-refractivity contribution in [3.8, 4) is 0 Å². The lowest BCUT2D eigenvalue weighted by Crippen LogP contribution is -1.69. The van der Waals surface area contributed by atoms with Gasteiger partial charge in [0, 0.05) is 9.52 Å². The highest BCUT2D eigenvalue weighted by Crippen LogP contribution is 1.72. The van der Waals surface area contributed by atoms with E-state index in [1.54, 1.807) is 0 Å². The third-order valence-electron chi connectivity index (χ3n) is 0.493. The molecule has 0 rings (SSSR count). The highest BCUT2D eigenvalue weighted by Gasteiger charge is 1.63. The number of allylic oxidation sites excluding steroid dienone is 1. The Balaban J connectivity index is 0. The van der Waals surface area contributed by atoms with Gasteiger partial charge in [0.25, 0.3) is 0 Å². The van der Waals surface area contributed by atoms with Gasteiger partial charge in [-0.1, -0.05) is 12.6 Å². The van der Waals surface area contributed by atoms with Gasteiger partial charge >= 0.3 is 0 Å². The predicted octanol–water partition coefficient (Wildman–Crippen LogP) is -0.0171. The predicted molar refractivity (Wildman–Crippen MR) is 33.0 cm³/mol. The summed E-state index contributed by atoms with van der Waals surface area (Å²) in [6.07, 6.45) is 1.99. The van der Waals surface area contributed by atoms with E-state index in [4.69, 9.17) is 0 Å². The molecule has 0 amide bonds. The Morgan fingerprint density at radius 2 is 2.33 bits per heavy atom. The van der Waals surface area contributed by atoms with Crippen LogP contribution in [0, 0.1) is 0 Å². The van der Waals surface area contributed by atoms with Crippen molar-refractivity contribution in [2.75, 3.05) is 0 Å². The monoisotopic (exact) mass is 104 g/mol. The Bertz CT molecular complexity index is 28.7. The van der Waals surface area contributed by atoms with Crippen LogP contribution < -0.4 is 0 Å². The van der Waals surface area contributed by atoms with Gasteiger partial charge in [-0.3, -0.25) is 0 Å². The van der Waals surface area contributed by atoms with Gasteiger partial charge in [0.1, 0.15) is 0 Å². The quantitative estimate of drug-likeness (QED) is 0.348. The Labute approximate surface area is 41.2 Å². The van der Waals surface area contributed by atoms with E-state index in [9.17, 15) is 0 Å². The topological polar surface area (TPSA) is 31.5 Å². The van der Waals surface area contributed by atoms with Crippen LogP contribution in [0.15, 0.2) is 12.7 Å². The minimum atomic E-state index is 0. The molecule has 1 nitrogen and oxygen atoms in total. The average molecular weight is 104 g/mol. The lowest BCUT2D eigenvalue weighted by molar-refractivity contribution is 0.824. The highest BCUT2D eigenvalue weighted by molar-refractivity contribution is 6.34. The summed E-state index contributed by atoms with van der Waals surface area (Å²) in [6, 6.07) is 1.29. The molecular formula is C4H12OSi. The van der Waals surface area contributed by atoms with Crippen molar-refractivity contribution in [1.29, 1.82) is 0 Å². The zero-order valence-corrected chi connectivity index (χ0v) is 5.61. The van der Waals surface area contributed by atoms with Gasteiger partial charge in [0.05, 0.1) is 0 Å². The van der Waals surface area contributed by atoms with E-state index < -0.39 is 0 Å². The lowest BCUT2D eigenvalue weighted by atomic mass is 10.8. The Hall–Kier alpha value is -0.0831. The fraction of sp³-hybridized carbons (Fsp3) is 0.500. The number of hydrogen-bond acceptors (Lipinski definition) is 0. The summed E-state index contributed by atoms with van der Waals surface area (Å²) in [5.41, 5.74) is 0. The minimum Gasteiger partial charge on any atom is -0.412 e. The molecule has 0 aliphatic rings. The Kier molecular flexibility index (Phi) is 13.8. The van der Waals surface area contributed by atoms with Crippen LogP contribution in [0.1, 0.15) is 0 Å². The molecule has 0 unspecified atom stereocenters. The van der Waals surface area contributed by atoms with Crippen molar-refractivity contribution in [3.63, 3.8) is 0 Å². The maximum atomic E-state index is 3.59. The Morgan fingerprint density at radius 3 is 2.33 bits per heavy atom. The second-order valence-electron chi connectivity index (χ2n) is 1.08. The van der Waals surface area contributed by atoms with E-state index in [-0.39, 0.29) is 5.48 Å². The molecule has 0 saturated heterocycles. The van der Waals surface area contributed by atoms with Gasteiger partial charge < -0.3 is 5.48 Å². The van der Waals surface area contributed by atoms with E-state index in [1.165, 1.54) is 6.04 Å². The fourth-order valence-electron chi connectivity index (χ4n) is 0.204. The van der Waals surface area contributed by atoms with Gasteiger partial charge in [-0.15, -0.1) is 6.58 Å². The molecule has 0 aromatic heterocycles. The number of rotatable bonds is 2. The highest BCUT2D eigenvalue weighted by atomic mass is 28.2. The molecular weight excluding hydrogens is 92.1 g/mol. The summed E-state index contributed by atoms with van der Waals surface area (Å²) in [4.78, 5) is 0. The largest absolute Gasteiger partial charge is 0.412 e. The molecule has 0 heterocycles. The minimum absolute atomic E-state index is 0. The molecule has 2 N–H and O–H groups in total. The molecule has 0 radical (unpaired) electrons. The first-order valence-corrected chi connectivity index (χ1v) is 4.44. The molecule has 2 heteroatoms. The molecule has 0 aliphatic carbocycles. The molecule has 0 fully saturated rings. The van der Waals surface area contributed by atoms with Crippen LogP contribution in [0.3, 0.4) is 0 Å². The zero-order chi connectivity index (χ0) is 4.12. The molecule has 0 bridgehead atoms. The Morgan fingerprint density at radius 1 is 1.83 bits per heavy atom. The first-order valence-electron chi connectivity index (χ1n) is 2.02. The molecule has 0 atom stereocenters. The van der Waals surface area contributed by atoms with E-state index in [0.717, 1.165) is 0 Å². The third kappa shape index (κ3) is 9.07. The van der Waals surface area contributed by atoms with Crippen molar-refractivity contribution < 1.29 is 5.48 Å². The smallest absolute Gasteiger partial charge is 0.0209 e. The molecule has 0 spiro atoms. The van der Waals surface area contributed by atoms with Crippen LogP contribution in [-0.2, 0) is 0 Å². The van der Waals surface area contributed by atoms with Crippen molar-refractivity contribution in [2.45, 2.75) is 12.6 Å². The van der Waals surface area contributed by atoms with Crippen LogP contribution in [-0.4, -0.2) is 15.0 Å². The molecule has 0 aromatic rings. The van der Waals surface area contributed by atoms with Crippen molar-refractivity contribution in [3.05, 3.63) is 12.7 Å². The normalized spacial score (nSPS) is 8.17. The van der Waals surface area contributed by atoms with Gasteiger partial charge in [-0.2, -0.15) is 0 Å². The van der Waals surface area contributed by atoms with Crippen LogP contribution in [0.2, 0.25) is 12.6 Å². The van der Waals surface area contributed by atoms with Gasteiger partial charge in [0.2, 0.25) is 0 Å². The summed E-state index contributed by atoms with van der Waals surface area (Å²) < 4.78 is 0. The second-order valence-corrected chi connectivity index (χ2v) is 2.65. The molecule has 38 valence electrons. The van der Waals surface area contributed by atoms with Gasteiger partial charge in [0.15, 0.2) is 0 Å². The molecule has 6 heavy (non-hydrogen) atoms. The molecule has 0 saturated carbocycles. The van der Waals surface area contributed by atoms with E-state index in [1.807, 2.05) is 6.08 Å². The van der Waals surface area contributed by atoms with Crippen LogP contribution >= 0.6 is 0 Å². The molecule has 0 aromatic carbocycles. The first kappa shape index (κ1) is 9.32. The van der Waals surface area contributed by atoms with Crippen molar-refractivity contribution >= 4 is 9.52 Å². The molecule has 0 aliphatic heterocycles. The summed E-state index contributed by atoms with van der Waals surface area (Å²) in [6.45, 7) is 5.86. The fourth-order valence-corrected chi connectivity index (χ4v) is 0.612. The summed E-state index contributed by atoms with van der Waals surface area (Å²) >= 11 is 0. The first-order chi connectivity index (χ1) is 2.41. The van der Waals surface area contributed by atoms with E-state index >= 15 is 0 Å². The second kappa shape index (κ2) is 8.87. The lowest BCUT2D eigenvalue weighted by Gasteiger charge is -1.71. The van der Waals surface area contributed by atoms with Gasteiger partial charge in [-0.05, 0) is 6.04 Å². The van der Waals surface area contributed by atoms with E-state index in [0.29, 0.717) is 9.52 Å². The van der Waals surface area contributed by atoms with Crippen LogP contribution in [0.4, 0.5) is 0 Å². The number of hydrogen-bond donors (Lipinski definition) is 0. The maximum Gasteiger partial charge on any atom is 0.0209 e. The third-order valence-corrected chi connectivity index (χ3v) is 1.48. The standard InChI is InChI=1S/C4H10Si.H2O/c1-3-4-5-2;/h3H,1,4-5H2,2H3;1H2. The summed E-state index contributed by atoms with van der Waals surface area (Å²) in [5.74, 6) is 0. The van der Waals surface area contributed by atoms with Crippen LogP contribution in [0.5, 0.6) is 0 Å². The van der Waals surface area contributed by atoms with Crippen molar-refractivity contribution in [1.82, 2.24) is 0 Å². The maximum absolute atomic E-state index is 3.59. The van der Waals surface area contributed by atoms with Crippen molar-refractivity contribution in [2.24, 2.45) is 0 Å². The average Bonchev–Trinajstić information content (AvgIpc) is 1.41. The summed E-state index contributed by atoms with van der Waals surface area (Å²) in [5, 5.41) is 0. The van der Waals surface area contributed by atoms with Crippen LogP contribution in [0.25, 0.3) is 0 Å². The SMILES string of the molecule is C=CC[SiH2]C.O. The van der Waals surface area contributed by atoms with E-state index in [2.05, 4.69) is 13.1 Å². The van der Waals surface area contributed by atoms with Gasteiger partial charge in [-0.25, -0.2) is 0 Å². The zero-order valence-electron chi connectivity index (χ0n) is 4.20. The summed E-state index contributed by atoms with van der Waals surface area (Å²) in [7, 11) is 0.296.